The Morgan fingerprint density at radius 2 is 1.85 bits per heavy atom. The second-order valence-electron chi connectivity index (χ2n) is 8.54. The zero-order chi connectivity index (χ0) is 24.5. The molecule has 1 aromatic heterocycles. The van der Waals surface area contributed by atoms with Crippen LogP contribution in [0, 0.1) is 25.6 Å². The summed E-state index contributed by atoms with van der Waals surface area (Å²) in [6, 6.07) is 9.11. The Bertz CT molecular complexity index is 1370. The number of piperidine rings is 1. The van der Waals surface area contributed by atoms with Crippen molar-refractivity contribution in [2.24, 2.45) is 10.9 Å². The van der Waals surface area contributed by atoms with Gasteiger partial charge in [0.2, 0.25) is 10.0 Å². The molecule has 2 aromatic carbocycles. The molecule has 1 aliphatic heterocycles. The van der Waals surface area contributed by atoms with Gasteiger partial charge in [-0.3, -0.25) is 4.79 Å². The SMILES string of the molecule is CSCCn1c(=NC(=O)C2CCN(S(=O)(=O)c3ccc(F)cc3)CC2)sc2c(C)cc(C)cc21. The highest BCUT2D eigenvalue weighted by molar-refractivity contribution is 7.98. The lowest BCUT2D eigenvalue weighted by Crippen LogP contribution is -2.40. The van der Waals surface area contributed by atoms with Crippen LogP contribution in [-0.2, 0) is 21.4 Å². The molecule has 1 aliphatic rings. The fraction of sp³-hybridized carbons (Fsp3) is 0.417. The van der Waals surface area contributed by atoms with Gasteiger partial charge in [0.25, 0.3) is 5.91 Å². The molecule has 34 heavy (non-hydrogen) atoms. The predicted molar refractivity (Wildman–Crippen MR) is 136 cm³/mol. The van der Waals surface area contributed by atoms with Gasteiger partial charge in [-0.25, -0.2) is 12.8 Å². The first-order valence-electron chi connectivity index (χ1n) is 11.1. The maximum absolute atomic E-state index is 13.2. The van der Waals surface area contributed by atoms with Crippen LogP contribution in [0.3, 0.4) is 0 Å². The van der Waals surface area contributed by atoms with Crippen molar-refractivity contribution in [3.63, 3.8) is 0 Å². The second kappa shape index (κ2) is 10.3. The Kier molecular flexibility index (Phi) is 7.61. The molecule has 2 heterocycles. The molecular formula is C24H28FN3O3S3. The van der Waals surface area contributed by atoms with Crippen LogP contribution >= 0.6 is 23.1 Å². The highest BCUT2D eigenvalue weighted by Gasteiger charge is 2.32. The summed E-state index contributed by atoms with van der Waals surface area (Å²) in [5.41, 5.74) is 3.45. The summed E-state index contributed by atoms with van der Waals surface area (Å²) in [6.07, 6.45) is 2.88. The van der Waals surface area contributed by atoms with E-state index >= 15 is 0 Å². The van der Waals surface area contributed by atoms with Gasteiger partial charge < -0.3 is 4.57 Å². The largest absolute Gasteiger partial charge is 0.315 e. The van der Waals surface area contributed by atoms with Gasteiger partial charge in [0.05, 0.1) is 15.1 Å². The van der Waals surface area contributed by atoms with Crippen molar-refractivity contribution in [2.45, 2.75) is 38.1 Å². The third-order valence-electron chi connectivity index (χ3n) is 6.09. The monoisotopic (exact) mass is 521 g/mol. The summed E-state index contributed by atoms with van der Waals surface area (Å²) in [7, 11) is -3.71. The van der Waals surface area contributed by atoms with E-state index in [1.54, 1.807) is 11.8 Å². The van der Waals surface area contributed by atoms with Crippen LogP contribution in [0.4, 0.5) is 4.39 Å². The van der Waals surface area contributed by atoms with Crippen molar-refractivity contribution >= 4 is 49.2 Å². The quantitative estimate of drug-likeness (QED) is 0.484. The molecular weight excluding hydrogens is 493 g/mol. The van der Waals surface area contributed by atoms with E-state index in [-0.39, 0.29) is 29.8 Å². The van der Waals surface area contributed by atoms with Crippen LogP contribution in [0.1, 0.15) is 24.0 Å². The summed E-state index contributed by atoms with van der Waals surface area (Å²) < 4.78 is 43.5. The molecule has 6 nitrogen and oxygen atoms in total. The van der Waals surface area contributed by atoms with Gasteiger partial charge in [-0.1, -0.05) is 17.4 Å². The Labute approximate surface area is 207 Å². The number of aryl methyl sites for hydroxylation is 3. The number of thioether (sulfide) groups is 1. The van der Waals surface area contributed by atoms with Gasteiger partial charge in [0, 0.05) is 31.3 Å². The summed E-state index contributed by atoms with van der Waals surface area (Å²) in [4.78, 5) is 18.4. The number of fused-ring (bicyclic) bond motifs is 1. The zero-order valence-corrected chi connectivity index (χ0v) is 21.9. The summed E-state index contributed by atoms with van der Waals surface area (Å²) in [6.45, 7) is 5.39. The number of halogens is 1. The number of hydrogen-bond acceptors (Lipinski definition) is 5. The number of benzene rings is 2. The van der Waals surface area contributed by atoms with E-state index in [1.807, 2.05) is 0 Å². The van der Waals surface area contributed by atoms with Crippen molar-refractivity contribution in [3.05, 3.63) is 58.1 Å². The first kappa shape index (κ1) is 25.1. The number of thiazole rings is 1. The van der Waals surface area contributed by atoms with Crippen LogP contribution in [0.25, 0.3) is 10.2 Å². The molecule has 3 aromatic rings. The molecule has 0 aliphatic carbocycles. The minimum absolute atomic E-state index is 0.0640. The zero-order valence-electron chi connectivity index (χ0n) is 19.5. The van der Waals surface area contributed by atoms with E-state index in [0.717, 1.165) is 34.6 Å². The van der Waals surface area contributed by atoms with E-state index in [2.05, 4.69) is 41.8 Å². The van der Waals surface area contributed by atoms with Gasteiger partial charge in [-0.05, 0) is 74.4 Å². The van der Waals surface area contributed by atoms with Gasteiger partial charge >= 0.3 is 0 Å². The average molecular weight is 522 g/mol. The van der Waals surface area contributed by atoms with Crippen molar-refractivity contribution in [1.82, 2.24) is 8.87 Å². The Hall–Kier alpha value is -2.01. The van der Waals surface area contributed by atoms with E-state index in [0.29, 0.717) is 17.6 Å². The molecule has 1 saturated heterocycles. The summed E-state index contributed by atoms with van der Waals surface area (Å²) in [5, 5.41) is 0. The van der Waals surface area contributed by atoms with Gasteiger partial charge in [0.1, 0.15) is 5.82 Å². The van der Waals surface area contributed by atoms with Crippen molar-refractivity contribution in [3.8, 4) is 0 Å². The van der Waals surface area contributed by atoms with Gasteiger partial charge in [-0.15, -0.1) is 0 Å². The standard InChI is InChI=1S/C24H28FN3O3S3/c1-16-14-17(2)22-21(15-16)28(12-13-32-3)24(33-22)26-23(29)18-8-10-27(11-9-18)34(30,31)20-6-4-19(25)5-7-20/h4-7,14-15,18H,8-13H2,1-3H3. The Morgan fingerprint density at radius 1 is 1.18 bits per heavy atom. The van der Waals surface area contributed by atoms with Crippen molar-refractivity contribution < 1.29 is 17.6 Å². The first-order valence-corrected chi connectivity index (χ1v) is 14.8. The fourth-order valence-electron chi connectivity index (χ4n) is 4.28. The molecule has 4 rings (SSSR count). The molecule has 182 valence electrons. The number of carbonyl (C=O) groups is 1. The number of aromatic nitrogens is 1. The molecule has 1 fully saturated rings. The molecule has 10 heteroatoms. The molecule has 0 unspecified atom stereocenters. The number of amides is 1. The Balaban J connectivity index is 1.55. The van der Waals surface area contributed by atoms with Gasteiger partial charge in [-0.2, -0.15) is 21.1 Å². The first-order chi connectivity index (χ1) is 16.2. The highest BCUT2D eigenvalue weighted by Crippen LogP contribution is 2.26. The van der Waals surface area contributed by atoms with E-state index < -0.39 is 15.8 Å². The number of nitrogens with zero attached hydrogens (tertiary/aromatic N) is 3. The number of rotatable bonds is 6. The minimum atomic E-state index is -3.71. The second-order valence-corrected chi connectivity index (χ2v) is 12.4. The van der Waals surface area contributed by atoms with E-state index in [1.165, 1.54) is 38.9 Å². The third-order valence-corrected chi connectivity index (χ3v) is 9.83. The van der Waals surface area contributed by atoms with E-state index in [9.17, 15) is 17.6 Å². The summed E-state index contributed by atoms with van der Waals surface area (Å²) >= 11 is 3.28. The molecule has 0 N–H and O–H groups in total. The maximum Gasteiger partial charge on any atom is 0.251 e. The molecule has 0 atom stereocenters. The molecule has 0 radical (unpaired) electrons. The third kappa shape index (κ3) is 5.15. The minimum Gasteiger partial charge on any atom is -0.315 e. The molecule has 0 bridgehead atoms. The van der Waals surface area contributed by atoms with Crippen molar-refractivity contribution in [2.75, 3.05) is 25.1 Å². The topological polar surface area (TPSA) is 71.7 Å². The highest BCUT2D eigenvalue weighted by atomic mass is 32.2. The van der Waals surface area contributed by atoms with Crippen LogP contribution in [0.15, 0.2) is 46.3 Å². The number of hydrogen-bond donors (Lipinski definition) is 0. The van der Waals surface area contributed by atoms with Crippen LogP contribution in [0.5, 0.6) is 0 Å². The number of carbonyl (C=O) groups excluding carboxylic acids is 1. The molecule has 0 spiro atoms. The van der Waals surface area contributed by atoms with Crippen molar-refractivity contribution in [1.29, 1.82) is 0 Å². The summed E-state index contributed by atoms with van der Waals surface area (Å²) in [5.74, 6) is -0.0783. The van der Waals surface area contributed by atoms with E-state index in [4.69, 9.17) is 0 Å². The molecule has 1 amide bonds. The van der Waals surface area contributed by atoms with Gasteiger partial charge in [0.15, 0.2) is 4.80 Å². The Morgan fingerprint density at radius 3 is 2.50 bits per heavy atom. The fourth-order valence-corrected chi connectivity index (χ4v) is 7.23. The lowest BCUT2D eigenvalue weighted by Gasteiger charge is -2.29. The smallest absolute Gasteiger partial charge is 0.251 e. The maximum atomic E-state index is 13.2. The number of sulfonamides is 1. The van der Waals surface area contributed by atoms with Crippen LogP contribution in [0.2, 0.25) is 0 Å². The molecule has 0 saturated carbocycles. The van der Waals surface area contributed by atoms with Crippen LogP contribution < -0.4 is 4.80 Å². The van der Waals surface area contributed by atoms with Crippen LogP contribution in [-0.4, -0.2) is 48.3 Å². The normalized spacial score (nSPS) is 16.4. The predicted octanol–water partition coefficient (Wildman–Crippen LogP) is 4.35. The lowest BCUT2D eigenvalue weighted by atomic mass is 9.98. The lowest BCUT2D eigenvalue weighted by molar-refractivity contribution is -0.122. The average Bonchev–Trinajstić information content (AvgIpc) is 3.15.